The molecule has 0 spiro atoms. The maximum Gasteiger partial charge on any atom is 0.234 e. The van der Waals surface area contributed by atoms with Gasteiger partial charge in [0.15, 0.2) is 0 Å². The molecule has 0 aliphatic rings. The maximum absolute atomic E-state index is 10.2. The van der Waals surface area contributed by atoms with E-state index in [-0.39, 0.29) is 5.88 Å². The van der Waals surface area contributed by atoms with Crippen molar-refractivity contribution < 1.29 is 5.11 Å². The van der Waals surface area contributed by atoms with E-state index in [1.165, 1.54) is 5.56 Å². The van der Waals surface area contributed by atoms with Crippen LogP contribution in [0.5, 0.6) is 5.88 Å². The first-order chi connectivity index (χ1) is 10.2. The molecule has 3 heteroatoms. The largest absolute Gasteiger partial charge is 0.492 e. The van der Waals surface area contributed by atoms with Crippen molar-refractivity contribution in [1.29, 1.82) is 0 Å². The molecule has 21 heavy (non-hydrogen) atoms. The molecule has 0 atom stereocenters. The van der Waals surface area contributed by atoms with Crippen LogP contribution >= 0.6 is 0 Å². The predicted molar refractivity (Wildman–Crippen MR) is 84.8 cm³/mol. The number of hydrogen-bond donors (Lipinski definition) is 1. The smallest absolute Gasteiger partial charge is 0.234 e. The zero-order valence-electron chi connectivity index (χ0n) is 12.2. The Morgan fingerprint density at radius 2 is 1.81 bits per heavy atom. The maximum atomic E-state index is 10.2. The van der Waals surface area contributed by atoms with Gasteiger partial charge in [0.2, 0.25) is 5.88 Å². The highest BCUT2D eigenvalue weighted by Gasteiger charge is 2.18. The van der Waals surface area contributed by atoms with Gasteiger partial charge in [-0.25, -0.2) is 4.68 Å². The minimum Gasteiger partial charge on any atom is -0.492 e. The van der Waals surface area contributed by atoms with Gasteiger partial charge in [-0.15, -0.1) is 5.10 Å². The quantitative estimate of drug-likeness (QED) is 0.782. The van der Waals surface area contributed by atoms with Gasteiger partial charge in [-0.1, -0.05) is 48.9 Å². The van der Waals surface area contributed by atoms with Gasteiger partial charge in [-0.05, 0) is 31.5 Å². The van der Waals surface area contributed by atoms with Crippen LogP contribution in [0.25, 0.3) is 16.9 Å². The highest BCUT2D eigenvalue weighted by Crippen LogP contribution is 2.33. The lowest BCUT2D eigenvalue weighted by Crippen LogP contribution is -1.99. The van der Waals surface area contributed by atoms with Crippen molar-refractivity contribution >= 4 is 0 Å². The van der Waals surface area contributed by atoms with Crippen molar-refractivity contribution in [2.75, 3.05) is 0 Å². The third kappa shape index (κ3) is 2.42. The van der Waals surface area contributed by atoms with Crippen LogP contribution in [0.1, 0.15) is 18.1 Å². The summed E-state index contributed by atoms with van der Waals surface area (Å²) in [5, 5.41) is 14.5. The molecule has 1 heterocycles. The number of aryl methyl sites for hydroxylation is 1. The SMILES string of the molecule is CCc1c(O)nn(-c2ccccc2)c1-c1cccc(C)c1. The third-order valence-corrected chi connectivity index (χ3v) is 3.61. The fourth-order valence-corrected chi connectivity index (χ4v) is 2.61. The van der Waals surface area contributed by atoms with Gasteiger partial charge < -0.3 is 5.11 Å². The summed E-state index contributed by atoms with van der Waals surface area (Å²) in [5.74, 6) is 0.109. The van der Waals surface area contributed by atoms with Gasteiger partial charge in [-0.3, -0.25) is 0 Å². The van der Waals surface area contributed by atoms with Crippen molar-refractivity contribution in [3.8, 4) is 22.8 Å². The number of rotatable bonds is 3. The average Bonchev–Trinajstić information content (AvgIpc) is 2.85. The van der Waals surface area contributed by atoms with E-state index in [9.17, 15) is 5.11 Å². The molecule has 2 aromatic carbocycles. The molecule has 0 saturated carbocycles. The highest BCUT2D eigenvalue weighted by molar-refractivity contribution is 5.68. The van der Waals surface area contributed by atoms with Gasteiger partial charge in [0.05, 0.1) is 11.4 Å². The Hall–Kier alpha value is -2.55. The Balaban J connectivity index is 2.27. The standard InChI is InChI=1S/C18H18N2O/c1-3-16-17(14-9-7-8-13(2)12-14)20(19-18(16)21)15-10-5-4-6-11-15/h4-12H,3H2,1-2H3,(H,19,21). The zero-order valence-corrected chi connectivity index (χ0v) is 12.2. The molecule has 0 aliphatic carbocycles. The molecule has 0 fully saturated rings. The number of nitrogens with zero attached hydrogens (tertiary/aromatic N) is 2. The van der Waals surface area contributed by atoms with Crippen molar-refractivity contribution in [1.82, 2.24) is 9.78 Å². The summed E-state index contributed by atoms with van der Waals surface area (Å²) in [6, 6.07) is 18.2. The topological polar surface area (TPSA) is 38.1 Å². The lowest BCUT2D eigenvalue weighted by atomic mass is 10.0. The predicted octanol–water partition coefficient (Wildman–Crippen LogP) is 4.12. The first kappa shape index (κ1) is 13.4. The van der Waals surface area contributed by atoms with Crippen molar-refractivity contribution in [2.24, 2.45) is 0 Å². The highest BCUT2D eigenvalue weighted by atomic mass is 16.3. The summed E-state index contributed by atoms with van der Waals surface area (Å²) >= 11 is 0. The van der Waals surface area contributed by atoms with Crippen LogP contribution in [-0.4, -0.2) is 14.9 Å². The Morgan fingerprint density at radius 1 is 1.05 bits per heavy atom. The van der Waals surface area contributed by atoms with Crippen LogP contribution in [0.4, 0.5) is 0 Å². The first-order valence-corrected chi connectivity index (χ1v) is 7.14. The van der Waals surface area contributed by atoms with Gasteiger partial charge >= 0.3 is 0 Å². The molecular formula is C18H18N2O. The van der Waals surface area contributed by atoms with Crippen LogP contribution in [-0.2, 0) is 6.42 Å². The summed E-state index contributed by atoms with van der Waals surface area (Å²) in [6.45, 7) is 4.10. The second-order valence-electron chi connectivity index (χ2n) is 5.12. The second kappa shape index (κ2) is 5.44. The van der Waals surface area contributed by atoms with Crippen LogP contribution in [0, 0.1) is 6.92 Å². The number of hydrogen-bond acceptors (Lipinski definition) is 2. The molecule has 1 N–H and O–H groups in total. The van der Waals surface area contributed by atoms with Crippen LogP contribution in [0.15, 0.2) is 54.6 Å². The van der Waals surface area contributed by atoms with E-state index in [0.29, 0.717) is 0 Å². The van der Waals surface area contributed by atoms with Crippen molar-refractivity contribution in [2.45, 2.75) is 20.3 Å². The molecule has 3 nitrogen and oxygen atoms in total. The molecule has 3 aromatic rings. The van der Waals surface area contributed by atoms with E-state index in [2.05, 4.69) is 30.2 Å². The number of aromatic hydroxyl groups is 1. The van der Waals surface area contributed by atoms with E-state index in [4.69, 9.17) is 0 Å². The van der Waals surface area contributed by atoms with E-state index in [1.54, 1.807) is 0 Å². The van der Waals surface area contributed by atoms with Crippen LogP contribution in [0.3, 0.4) is 0 Å². The fraction of sp³-hybridized carbons (Fsp3) is 0.167. The number of aromatic nitrogens is 2. The van der Waals surface area contributed by atoms with Crippen molar-refractivity contribution in [3.63, 3.8) is 0 Å². The average molecular weight is 278 g/mol. The summed E-state index contributed by atoms with van der Waals surface area (Å²) < 4.78 is 1.82. The fourth-order valence-electron chi connectivity index (χ4n) is 2.61. The second-order valence-corrected chi connectivity index (χ2v) is 5.12. The van der Waals surface area contributed by atoms with Crippen molar-refractivity contribution in [3.05, 3.63) is 65.7 Å². The van der Waals surface area contributed by atoms with Gasteiger partial charge in [0, 0.05) is 11.1 Å². The molecule has 1 aromatic heterocycles. The lowest BCUT2D eigenvalue weighted by molar-refractivity contribution is 0.443. The number of benzene rings is 2. The Bertz CT molecular complexity index is 760. The zero-order chi connectivity index (χ0) is 14.8. The molecule has 0 unspecified atom stereocenters. The Labute approximate surface area is 124 Å². The molecule has 0 radical (unpaired) electrons. The minimum atomic E-state index is 0.109. The Kier molecular flexibility index (Phi) is 3.48. The summed E-state index contributed by atoms with van der Waals surface area (Å²) in [5.41, 5.74) is 5.05. The molecule has 3 rings (SSSR count). The first-order valence-electron chi connectivity index (χ1n) is 7.14. The van der Waals surface area contributed by atoms with Gasteiger partial charge in [0.25, 0.3) is 0 Å². The molecule has 106 valence electrons. The minimum absolute atomic E-state index is 0.109. The summed E-state index contributed by atoms with van der Waals surface area (Å²) in [4.78, 5) is 0. The monoisotopic (exact) mass is 278 g/mol. The molecule has 0 saturated heterocycles. The lowest BCUT2D eigenvalue weighted by Gasteiger charge is -2.09. The van der Waals surface area contributed by atoms with E-state index >= 15 is 0 Å². The van der Waals surface area contributed by atoms with E-state index in [0.717, 1.165) is 28.9 Å². The third-order valence-electron chi connectivity index (χ3n) is 3.61. The van der Waals surface area contributed by atoms with Crippen LogP contribution in [0.2, 0.25) is 0 Å². The van der Waals surface area contributed by atoms with Gasteiger partial charge in [0.1, 0.15) is 0 Å². The van der Waals surface area contributed by atoms with E-state index < -0.39 is 0 Å². The molecule has 0 aliphatic heterocycles. The normalized spacial score (nSPS) is 10.8. The summed E-state index contributed by atoms with van der Waals surface area (Å²) in [6.07, 6.45) is 0.738. The molecular weight excluding hydrogens is 260 g/mol. The van der Waals surface area contributed by atoms with Crippen LogP contribution < -0.4 is 0 Å². The van der Waals surface area contributed by atoms with E-state index in [1.807, 2.05) is 48.0 Å². The Morgan fingerprint density at radius 3 is 2.48 bits per heavy atom. The summed E-state index contributed by atoms with van der Waals surface area (Å²) in [7, 11) is 0. The molecule has 0 bridgehead atoms. The number of para-hydroxylation sites is 1. The van der Waals surface area contributed by atoms with Gasteiger partial charge in [-0.2, -0.15) is 0 Å². The molecule has 0 amide bonds.